The molecule has 0 saturated heterocycles. The van der Waals surface area contributed by atoms with Crippen LogP contribution in [0.5, 0.6) is 0 Å². The normalized spacial score (nSPS) is 10.4. The highest BCUT2D eigenvalue weighted by molar-refractivity contribution is 5.95. The Morgan fingerprint density at radius 3 is 2.40 bits per heavy atom. The van der Waals surface area contributed by atoms with E-state index in [1.807, 2.05) is 30.3 Å². The molecule has 0 aliphatic carbocycles. The van der Waals surface area contributed by atoms with E-state index in [4.69, 9.17) is 0 Å². The smallest absolute Gasteiger partial charge is 0.339 e. The Bertz CT molecular complexity index is 738. The summed E-state index contributed by atoms with van der Waals surface area (Å²) in [5.74, 6) is -0.704. The fraction of sp³-hybridized carbons (Fsp3) is 0. The largest absolute Gasteiger partial charge is 0.478 e. The van der Waals surface area contributed by atoms with Crippen molar-refractivity contribution >= 4 is 5.97 Å². The zero-order valence-corrected chi connectivity index (χ0v) is 10.3. The molecule has 0 spiro atoms. The highest BCUT2D eigenvalue weighted by atomic mass is 16.4. The molecule has 0 radical (unpaired) electrons. The van der Waals surface area contributed by atoms with Gasteiger partial charge < -0.3 is 5.11 Å². The summed E-state index contributed by atoms with van der Waals surface area (Å²) >= 11 is 0. The number of aromatic nitrogens is 4. The molecule has 2 aromatic heterocycles. The average molecular weight is 266 g/mol. The second kappa shape index (κ2) is 4.93. The summed E-state index contributed by atoms with van der Waals surface area (Å²) in [6.45, 7) is 0. The monoisotopic (exact) mass is 266 g/mol. The fourth-order valence-corrected chi connectivity index (χ4v) is 1.93. The van der Waals surface area contributed by atoms with Crippen molar-refractivity contribution < 1.29 is 9.90 Å². The fourth-order valence-electron chi connectivity index (χ4n) is 1.93. The molecule has 0 unspecified atom stereocenters. The van der Waals surface area contributed by atoms with Crippen molar-refractivity contribution in [1.29, 1.82) is 0 Å². The van der Waals surface area contributed by atoms with E-state index in [1.54, 1.807) is 18.5 Å². The lowest BCUT2D eigenvalue weighted by Gasteiger charge is -2.06. The first-order valence-electron chi connectivity index (χ1n) is 5.91. The molecule has 2 heterocycles. The zero-order valence-electron chi connectivity index (χ0n) is 10.3. The van der Waals surface area contributed by atoms with E-state index in [-0.39, 0.29) is 5.56 Å². The summed E-state index contributed by atoms with van der Waals surface area (Å²) in [4.78, 5) is 19.6. The second-order valence-electron chi connectivity index (χ2n) is 4.04. The highest BCUT2D eigenvalue weighted by Gasteiger charge is 2.20. The van der Waals surface area contributed by atoms with Crippen molar-refractivity contribution in [3.8, 4) is 17.2 Å². The number of rotatable bonds is 3. The van der Waals surface area contributed by atoms with Gasteiger partial charge in [0.25, 0.3) is 5.95 Å². The van der Waals surface area contributed by atoms with Gasteiger partial charge >= 0.3 is 5.97 Å². The molecule has 6 nitrogen and oxygen atoms in total. The number of hydrogen-bond donors (Lipinski definition) is 1. The van der Waals surface area contributed by atoms with Crippen LogP contribution in [0, 0.1) is 0 Å². The van der Waals surface area contributed by atoms with Crippen LogP contribution < -0.4 is 0 Å². The molecule has 3 aromatic rings. The van der Waals surface area contributed by atoms with E-state index in [2.05, 4.69) is 15.1 Å². The predicted molar refractivity (Wildman–Crippen MR) is 71.5 cm³/mol. The van der Waals surface area contributed by atoms with Crippen LogP contribution >= 0.6 is 0 Å². The number of hydrogen-bond acceptors (Lipinski definition) is 4. The Morgan fingerprint density at radius 1 is 1.05 bits per heavy atom. The summed E-state index contributed by atoms with van der Waals surface area (Å²) < 4.78 is 1.43. The minimum absolute atomic E-state index is 0.114. The molecule has 1 aromatic carbocycles. The van der Waals surface area contributed by atoms with Crippen LogP contribution in [0.4, 0.5) is 0 Å². The average Bonchev–Trinajstić information content (AvgIpc) is 2.94. The van der Waals surface area contributed by atoms with Gasteiger partial charge in [-0.3, -0.25) is 0 Å². The third-order valence-electron chi connectivity index (χ3n) is 2.79. The molecular formula is C14H10N4O2. The van der Waals surface area contributed by atoms with Crippen molar-refractivity contribution in [2.75, 3.05) is 0 Å². The number of benzene rings is 1. The molecule has 0 amide bonds. The molecule has 3 rings (SSSR count). The van der Waals surface area contributed by atoms with Gasteiger partial charge in [-0.1, -0.05) is 30.3 Å². The molecular weight excluding hydrogens is 256 g/mol. The standard InChI is InChI=1S/C14H10N4O2/c19-13(20)11-9-17-18(14-15-7-4-8-16-14)12(11)10-5-2-1-3-6-10/h1-9H,(H,19,20). The van der Waals surface area contributed by atoms with Gasteiger partial charge in [0.05, 0.1) is 11.9 Å². The van der Waals surface area contributed by atoms with Gasteiger partial charge in [-0.25, -0.2) is 14.8 Å². The van der Waals surface area contributed by atoms with Gasteiger partial charge in [0.2, 0.25) is 0 Å². The summed E-state index contributed by atoms with van der Waals surface area (Å²) in [6, 6.07) is 10.9. The Balaban J connectivity index is 2.25. The van der Waals surface area contributed by atoms with E-state index in [0.29, 0.717) is 11.6 Å². The number of carbonyl (C=O) groups is 1. The summed E-state index contributed by atoms with van der Waals surface area (Å²) in [5.41, 5.74) is 1.32. The van der Waals surface area contributed by atoms with Crippen molar-refractivity contribution in [2.45, 2.75) is 0 Å². The maximum atomic E-state index is 11.3. The summed E-state index contributed by atoms with van der Waals surface area (Å²) in [5, 5.41) is 13.4. The highest BCUT2D eigenvalue weighted by Crippen LogP contribution is 2.25. The molecule has 0 saturated carbocycles. The topological polar surface area (TPSA) is 80.9 Å². The number of carboxylic acids is 1. The van der Waals surface area contributed by atoms with E-state index >= 15 is 0 Å². The minimum Gasteiger partial charge on any atom is -0.478 e. The Morgan fingerprint density at radius 2 is 1.75 bits per heavy atom. The van der Waals surface area contributed by atoms with E-state index in [1.165, 1.54) is 10.9 Å². The van der Waals surface area contributed by atoms with Crippen LogP contribution in [0.15, 0.2) is 55.0 Å². The molecule has 0 atom stereocenters. The summed E-state index contributed by atoms with van der Waals surface area (Å²) in [7, 11) is 0. The molecule has 20 heavy (non-hydrogen) atoms. The lowest BCUT2D eigenvalue weighted by molar-refractivity contribution is 0.0697. The molecule has 1 N–H and O–H groups in total. The van der Waals surface area contributed by atoms with Gasteiger partial charge in [-0.2, -0.15) is 9.78 Å². The third kappa shape index (κ3) is 2.03. The van der Waals surface area contributed by atoms with Crippen molar-refractivity contribution in [1.82, 2.24) is 19.7 Å². The van der Waals surface area contributed by atoms with Gasteiger partial charge in [-0.05, 0) is 6.07 Å². The molecule has 0 bridgehead atoms. The van der Waals surface area contributed by atoms with Crippen LogP contribution in [0.2, 0.25) is 0 Å². The first-order valence-corrected chi connectivity index (χ1v) is 5.91. The molecule has 0 aliphatic rings. The van der Waals surface area contributed by atoms with Crippen LogP contribution in [-0.4, -0.2) is 30.8 Å². The zero-order chi connectivity index (χ0) is 13.9. The lowest BCUT2D eigenvalue weighted by Crippen LogP contribution is -2.06. The second-order valence-corrected chi connectivity index (χ2v) is 4.04. The van der Waals surface area contributed by atoms with Gasteiger partial charge in [0.1, 0.15) is 5.56 Å². The quantitative estimate of drug-likeness (QED) is 0.784. The molecule has 0 aliphatic heterocycles. The minimum atomic E-state index is -1.04. The van der Waals surface area contributed by atoms with Gasteiger partial charge in [0.15, 0.2) is 0 Å². The SMILES string of the molecule is O=C(O)c1cnn(-c2ncccn2)c1-c1ccccc1. The van der Waals surface area contributed by atoms with Gasteiger partial charge in [0, 0.05) is 18.0 Å². The number of carboxylic acid groups (broad SMARTS) is 1. The third-order valence-corrected chi connectivity index (χ3v) is 2.79. The van der Waals surface area contributed by atoms with Crippen LogP contribution in [0.3, 0.4) is 0 Å². The van der Waals surface area contributed by atoms with Crippen molar-refractivity contribution in [3.05, 3.63) is 60.6 Å². The Hall–Kier alpha value is -3.02. The maximum absolute atomic E-state index is 11.3. The first kappa shape index (κ1) is 12.0. The van der Waals surface area contributed by atoms with Crippen molar-refractivity contribution in [3.63, 3.8) is 0 Å². The maximum Gasteiger partial charge on any atom is 0.339 e. The van der Waals surface area contributed by atoms with Gasteiger partial charge in [-0.15, -0.1) is 0 Å². The first-order chi connectivity index (χ1) is 9.77. The lowest BCUT2D eigenvalue weighted by atomic mass is 10.1. The summed E-state index contributed by atoms with van der Waals surface area (Å²) in [6.07, 6.45) is 4.47. The van der Waals surface area contributed by atoms with E-state index in [0.717, 1.165) is 5.56 Å². The molecule has 0 fully saturated rings. The number of nitrogens with zero attached hydrogens (tertiary/aromatic N) is 4. The van der Waals surface area contributed by atoms with Crippen LogP contribution in [0.25, 0.3) is 17.2 Å². The predicted octanol–water partition coefficient (Wildman–Crippen LogP) is 2.03. The molecule has 6 heteroatoms. The van der Waals surface area contributed by atoms with Crippen LogP contribution in [-0.2, 0) is 0 Å². The Labute approximate surface area is 114 Å². The van der Waals surface area contributed by atoms with Crippen molar-refractivity contribution in [2.24, 2.45) is 0 Å². The van der Waals surface area contributed by atoms with E-state index in [9.17, 15) is 9.90 Å². The number of aromatic carboxylic acids is 1. The van der Waals surface area contributed by atoms with Crippen LogP contribution in [0.1, 0.15) is 10.4 Å². The Kier molecular flexibility index (Phi) is 2.96. The molecule has 98 valence electrons. The van der Waals surface area contributed by atoms with E-state index < -0.39 is 5.97 Å².